The molecule has 0 N–H and O–H groups in total. The molecule has 0 radical (unpaired) electrons. The van der Waals surface area contributed by atoms with E-state index in [0.29, 0.717) is 0 Å². The largest absolute Gasteiger partial charge is 2.00 e. The van der Waals surface area contributed by atoms with Crippen LogP contribution in [-0.2, 0) is 31.9 Å². The number of aromatic nitrogens is 6. The Labute approximate surface area is 317 Å². The van der Waals surface area contributed by atoms with Crippen molar-refractivity contribution >= 4 is 43.7 Å². The minimum absolute atomic E-state index is 0. The molecule has 4 aromatic carbocycles. The third-order valence-electron chi connectivity index (χ3n) is 10.0. The molecule has 0 unspecified atom stereocenters. The summed E-state index contributed by atoms with van der Waals surface area (Å²) in [6.07, 6.45) is 1.92. The number of benzene rings is 4. The zero-order chi connectivity index (χ0) is 35.1. The molecule has 0 saturated carbocycles. The van der Waals surface area contributed by atoms with E-state index in [1.807, 2.05) is 30.5 Å². The van der Waals surface area contributed by atoms with E-state index >= 15 is 0 Å². The molecule has 5 aromatic heterocycles. The Hall–Kier alpha value is -5.32. The Morgan fingerprint density at radius 2 is 1.31 bits per heavy atom. The predicted octanol–water partition coefficient (Wildman–Crippen LogP) is 10.7. The molecule has 52 heavy (non-hydrogen) atoms. The Balaban J connectivity index is 0.00000387. The molecular formula is C45H38N6Pt. The van der Waals surface area contributed by atoms with Gasteiger partial charge in [0, 0.05) is 28.2 Å². The average molecular weight is 858 g/mol. The molecular weight excluding hydrogens is 820 g/mol. The van der Waals surface area contributed by atoms with E-state index in [0.717, 1.165) is 72.5 Å². The van der Waals surface area contributed by atoms with Crippen molar-refractivity contribution in [3.8, 4) is 34.2 Å². The standard InChI is InChI=1S/C45H38N6.Pt/c1-44(2,3)29-16-21-40-35(24-29)34-19-20-36(38-27-37(48-49-38)28-12-8-7-9-13-28)47-43(34)50(40)31-17-18-33-32-14-10-11-15-39(32)51(41(33)26-31)42-25-30(22-23-46-42)45(4,5)6;/h7-25,27H,1-6H3;/q-2;+2. The summed E-state index contributed by atoms with van der Waals surface area (Å²) in [6, 6.07) is 44.3. The first-order valence-corrected chi connectivity index (χ1v) is 17.5. The first-order valence-electron chi connectivity index (χ1n) is 17.5. The van der Waals surface area contributed by atoms with Crippen LogP contribution in [0, 0.1) is 6.07 Å². The van der Waals surface area contributed by atoms with Gasteiger partial charge in [0.05, 0.1) is 11.2 Å². The number of para-hydroxylation sites is 1. The number of hydrogen-bond acceptors (Lipinski definition) is 3. The van der Waals surface area contributed by atoms with Crippen molar-refractivity contribution in [2.75, 3.05) is 0 Å². The van der Waals surface area contributed by atoms with Gasteiger partial charge in [0.25, 0.3) is 0 Å². The predicted molar refractivity (Wildman–Crippen MR) is 209 cm³/mol. The minimum atomic E-state index is -0.0163. The first kappa shape index (κ1) is 33.8. The van der Waals surface area contributed by atoms with E-state index in [1.165, 1.54) is 16.5 Å². The molecule has 7 heteroatoms. The molecule has 0 saturated heterocycles. The molecule has 5 heterocycles. The normalized spacial score (nSPS) is 12.3. The van der Waals surface area contributed by atoms with E-state index in [1.54, 1.807) is 0 Å². The summed E-state index contributed by atoms with van der Waals surface area (Å²) >= 11 is 0. The minimum Gasteiger partial charge on any atom is -0.573 e. The van der Waals surface area contributed by atoms with Crippen LogP contribution in [0.15, 0.2) is 121 Å². The Morgan fingerprint density at radius 3 is 2.10 bits per heavy atom. The maximum atomic E-state index is 5.32. The van der Waals surface area contributed by atoms with Gasteiger partial charge >= 0.3 is 21.1 Å². The fourth-order valence-electron chi connectivity index (χ4n) is 7.17. The zero-order valence-corrected chi connectivity index (χ0v) is 32.3. The van der Waals surface area contributed by atoms with Crippen LogP contribution in [-0.4, -0.2) is 24.2 Å². The number of fused-ring (bicyclic) bond motifs is 6. The first-order chi connectivity index (χ1) is 24.5. The third-order valence-corrected chi connectivity index (χ3v) is 10.0. The summed E-state index contributed by atoms with van der Waals surface area (Å²) in [4.78, 5) is 10.2. The molecule has 0 aliphatic heterocycles. The van der Waals surface area contributed by atoms with E-state index in [4.69, 9.17) is 9.97 Å². The van der Waals surface area contributed by atoms with Crippen LogP contribution in [0.3, 0.4) is 0 Å². The van der Waals surface area contributed by atoms with E-state index in [2.05, 4.69) is 158 Å². The van der Waals surface area contributed by atoms with Crippen molar-refractivity contribution in [2.45, 2.75) is 52.4 Å². The summed E-state index contributed by atoms with van der Waals surface area (Å²) in [5.41, 5.74) is 10.8. The van der Waals surface area contributed by atoms with Crippen LogP contribution in [0.25, 0.3) is 77.9 Å². The fourth-order valence-corrected chi connectivity index (χ4v) is 7.17. The quantitative estimate of drug-likeness (QED) is 0.165. The van der Waals surface area contributed by atoms with Gasteiger partial charge in [-0.2, -0.15) is 6.07 Å². The van der Waals surface area contributed by atoms with Gasteiger partial charge in [0.1, 0.15) is 11.5 Å². The van der Waals surface area contributed by atoms with Crippen molar-refractivity contribution in [3.63, 3.8) is 0 Å². The van der Waals surface area contributed by atoms with Gasteiger partial charge in [-0.25, -0.2) is 9.97 Å². The summed E-state index contributed by atoms with van der Waals surface area (Å²) in [5.74, 6) is 0.878. The van der Waals surface area contributed by atoms with Crippen LogP contribution in [0.5, 0.6) is 0 Å². The second kappa shape index (κ2) is 12.4. The van der Waals surface area contributed by atoms with Gasteiger partial charge in [-0.1, -0.05) is 113 Å². The average Bonchev–Trinajstić information content (AvgIpc) is 3.84. The van der Waals surface area contributed by atoms with Crippen LogP contribution in [0.1, 0.15) is 52.7 Å². The second-order valence-electron chi connectivity index (χ2n) is 15.5. The zero-order valence-electron chi connectivity index (χ0n) is 30.0. The van der Waals surface area contributed by atoms with Gasteiger partial charge in [-0.3, -0.25) is 0 Å². The third kappa shape index (κ3) is 5.57. The SMILES string of the molecule is CC(C)(C)c1ccnc(-n2c3[c-]c(-n4c5ccc(C(C)(C)C)cc5c5ccc(-c6cc(-c7ccccc7)n[n-]6)nc54)ccc3c3ccccc32)c1.[Pt+2]. The molecule has 0 fully saturated rings. The monoisotopic (exact) mass is 857 g/mol. The maximum absolute atomic E-state index is 5.32. The molecule has 0 amide bonds. The van der Waals surface area contributed by atoms with Gasteiger partial charge < -0.3 is 19.3 Å². The van der Waals surface area contributed by atoms with Crippen molar-refractivity contribution in [1.82, 2.24) is 29.3 Å². The molecule has 0 atom stereocenters. The Morgan fingerprint density at radius 1 is 0.596 bits per heavy atom. The maximum Gasteiger partial charge on any atom is 2.00 e. The van der Waals surface area contributed by atoms with Crippen LogP contribution in [0.4, 0.5) is 0 Å². The topological polar surface area (TPSA) is 62.6 Å². The van der Waals surface area contributed by atoms with Crippen molar-refractivity contribution in [2.24, 2.45) is 0 Å². The second-order valence-corrected chi connectivity index (χ2v) is 15.5. The smallest absolute Gasteiger partial charge is 0.573 e. The van der Waals surface area contributed by atoms with E-state index in [9.17, 15) is 0 Å². The van der Waals surface area contributed by atoms with Gasteiger partial charge in [0.2, 0.25) is 0 Å². The van der Waals surface area contributed by atoms with Crippen molar-refractivity contribution in [1.29, 1.82) is 0 Å². The molecule has 0 aliphatic carbocycles. The molecule has 258 valence electrons. The van der Waals surface area contributed by atoms with Gasteiger partial charge in [0.15, 0.2) is 0 Å². The van der Waals surface area contributed by atoms with Crippen molar-refractivity contribution in [3.05, 3.63) is 139 Å². The van der Waals surface area contributed by atoms with E-state index in [-0.39, 0.29) is 31.9 Å². The molecule has 6 nitrogen and oxygen atoms in total. The number of nitrogens with zero attached hydrogens (tertiary/aromatic N) is 6. The summed E-state index contributed by atoms with van der Waals surface area (Å²) in [7, 11) is 0. The van der Waals surface area contributed by atoms with Crippen LogP contribution >= 0.6 is 0 Å². The van der Waals surface area contributed by atoms with Gasteiger partial charge in [-0.05, 0) is 81.4 Å². The molecule has 9 rings (SSSR count). The van der Waals surface area contributed by atoms with Crippen molar-refractivity contribution < 1.29 is 21.1 Å². The fraction of sp³-hybridized carbons (Fsp3) is 0.178. The molecule has 9 aromatic rings. The summed E-state index contributed by atoms with van der Waals surface area (Å²) in [6.45, 7) is 13.5. The Bertz CT molecular complexity index is 2770. The van der Waals surface area contributed by atoms with Gasteiger partial charge in [-0.15, -0.1) is 17.5 Å². The summed E-state index contributed by atoms with van der Waals surface area (Å²) < 4.78 is 4.49. The summed E-state index contributed by atoms with van der Waals surface area (Å²) in [5, 5.41) is 13.6. The molecule has 0 bridgehead atoms. The molecule has 0 spiro atoms. The number of pyridine rings is 2. The van der Waals surface area contributed by atoms with E-state index < -0.39 is 0 Å². The number of rotatable bonds is 4. The van der Waals surface area contributed by atoms with Crippen LogP contribution in [0.2, 0.25) is 0 Å². The van der Waals surface area contributed by atoms with Crippen LogP contribution < -0.4 is 5.10 Å². The Kier molecular flexibility index (Phi) is 8.07. The number of hydrogen-bond donors (Lipinski definition) is 0. The molecule has 0 aliphatic rings.